The molecule has 4 nitrogen and oxygen atoms in total. The fraction of sp³-hybridized carbons (Fsp3) is 0.100. The maximum absolute atomic E-state index is 5.89. The van der Waals surface area contributed by atoms with Gasteiger partial charge < -0.3 is 14.9 Å². The van der Waals surface area contributed by atoms with Crippen molar-refractivity contribution >= 4 is 17.6 Å². The minimum atomic E-state index is 0.118. The Morgan fingerprint density at radius 1 is 1.47 bits per heavy atom. The molecule has 0 saturated heterocycles. The minimum Gasteiger partial charge on any atom is -0.496 e. The summed E-state index contributed by atoms with van der Waals surface area (Å²) in [5.41, 5.74) is 6.75. The van der Waals surface area contributed by atoms with E-state index < -0.39 is 0 Å². The Balaban J connectivity index is 2.55. The van der Waals surface area contributed by atoms with Crippen molar-refractivity contribution in [1.29, 1.82) is 0 Å². The van der Waals surface area contributed by atoms with Gasteiger partial charge >= 0.3 is 0 Å². The number of ether oxygens (including phenoxy) is 1. The van der Waals surface area contributed by atoms with Crippen molar-refractivity contribution in [1.82, 2.24) is 4.98 Å². The van der Waals surface area contributed by atoms with Crippen molar-refractivity contribution in [2.24, 2.45) is 0 Å². The molecule has 2 aromatic rings. The quantitative estimate of drug-likeness (QED) is 0.852. The van der Waals surface area contributed by atoms with Gasteiger partial charge in [-0.05, 0) is 18.2 Å². The van der Waals surface area contributed by atoms with Gasteiger partial charge in [-0.15, -0.1) is 0 Å². The van der Waals surface area contributed by atoms with Crippen LogP contribution >= 0.6 is 11.6 Å². The number of anilines is 1. The molecule has 0 radical (unpaired) electrons. The Bertz CT molecular complexity index is 482. The van der Waals surface area contributed by atoms with Crippen LogP contribution in [0.2, 0.25) is 5.02 Å². The number of halogens is 1. The molecular formula is C10H9ClN2O2. The van der Waals surface area contributed by atoms with Crippen LogP contribution in [-0.4, -0.2) is 12.1 Å². The molecule has 2 rings (SSSR count). The van der Waals surface area contributed by atoms with E-state index in [0.29, 0.717) is 16.5 Å². The smallest absolute Gasteiger partial charge is 0.292 e. The number of nitrogens with two attached hydrogens (primary N) is 1. The van der Waals surface area contributed by atoms with E-state index in [2.05, 4.69) is 4.98 Å². The topological polar surface area (TPSA) is 61.3 Å². The molecule has 0 aliphatic carbocycles. The summed E-state index contributed by atoms with van der Waals surface area (Å²) in [5.74, 6) is 0.674. The minimum absolute atomic E-state index is 0.118. The van der Waals surface area contributed by atoms with Crippen molar-refractivity contribution in [2.75, 3.05) is 12.8 Å². The number of benzene rings is 1. The lowest BCUT2D eigenvalue weighted by Gasteiger charge is -2.05. The van der Waals surface area contributed by atoms with E-state index in [1.54, 1.807) is 25.3 Å². The maximum atomic E-state index is 5.89. The van der Waals surface area contributed by atoms with Gasteiger partial charge in [0.15, 0.2) is 0 Å². The molecular weight excluding hydrogens is 216 g/mol. The first kappa shape index (κ1) is 9.86. The second-order valence-electron chi connectivity index (χ2n) is 2.92. The normalized spacial score (nSPS) is 10.3. The van der Waals surface area contributed by atoms with Crippen molar-refractivity contribution in [2.45, 2.75) is 0 Å². The number of hydrogen-bond donors (Lipinski definition) is 1. The average Bonchev–Trinajstić information content (AvgIpc) is 2.65. The lowest BCUT2D eigenvalue weighted by atomic mass is 10.1. The van der Waals surface area contributed by atoms with Crippen molar-refractivity contribution in [3.63, 3.8) is 0 Å². The highest BCUT2D eigenvalue weighted by atomic mass is 35.5. The molecule has 0 spiro atoms. The third kappa shape index (κ3) is 1.89. The molecule has 0 saturated carbocycles. The van der Waals surface area contributed by atoms with Gasteiger partial charge in [0, 0.05) is 10.6 Å². The molecule has 0 amide bonds. The summed E-state index contributed by atoms with van der Waals surface area (Å²) in [7, 11) is 1.58. The number of nitrogens with zero attached hydrogens (tertiary/aromatic N) is 1. The summed E-state index contributed by atoms with van der Waals surface area (Å²) in [6.07, 6.45) is 1.46. The van der Waals surface area contributed by atoms with E-state index >= 15 is 0 Å². The number of nitrogen functional groups attached to an aromatic ring is 1. The van der Waals surface area contributed by atoms with Gasteiger partial charge in [0.1, 0.15) is 17.7 Å². The van der Waals surface area contributed by atoms with Crippen LogP contribution in [0.1, 0.15) is 0 Å². The molecule has 0 aliphatic rings. The van der Waals surface area contributed by atoms with Crippen LogP contribution in [0.3, 0.4) is 0 Å². The Kier molecular flexibility index (Phi) is 2.51. The SMILES string of the molecule is COc1ccc(Cl)cc1-c1coc(N)n1. The largest absolute Gasteiger partial charge is 0.496 e. The second kappa shape index (κ2) is 3.82. The molecule has 2 N–H and O–H groups in total. The molecule has 0 aliphatic heterocycles. The summed E-state index contributed by atoms with van der Waals surface area (Å²) < 4.78 is 10.1. The second-order valence-corrected chi connectivity index (χ2v) is 3.35. The molecule has 78 valence electrons. The van der Waals surface area contributed by atoms with Crippen molar-refractivity contribution in [3.8, 4) is 17.0 Å². The van der Waals surface area contributed by atoms with E-state index in [1.165, 1.54) is 6.26 Å². The van der Waals surface area contributed by atoms with E-state index in [-0.39, 0.29) is 6.01 Å². The first-order valence-corrected chi connectivity index (χ1v) is 4.63. The fourth-order valence-electron chi connectivity index (χ4n) is 1.29. The lowest BCUT2D eigenvalue weighted by Crippen LogP contribution is -1.89. The van der Waals surface area contributed by atoms with E-state index in [1.807, 2.05) is 0 Å². The maximum Gasteiger partial charge on any atom is 0.292 e. The third-order valence-corrected chi connectivity index (χ3v) is 2.19. The van der Waals surface area contributed by atoms with Crippen LogP contribution < -0.4 is 10.5 Å². The first-order chi connectivity index (χ1) is 7.20. The van der Waals surface area contributed by atoms with Crippen LogP contribution in [0.5, 0.6) is 5.75 Å². The van der Waals surface area contributed by atoms with Crippen molar-refractivity contribution in [3.05, 3.63) is 29.5 Å². The summed E-state index contributed by atoms with van der Waals surface area (Å²) >= 11 is 5.89. The third-order valence-electron chi connectivity index (χ3n) is 1.96. The van der Waals surface area contributed by atoms with Gasteiger partial charge in [-0.1, -0.05) is 11.6 Å². The monoisotopic (exact) mass is 224 g/mol. The highest BCUT2D eigenvalue weighted by Gasteiger charge is 2.10. The van der Waals surface area contributed by atoms with Gasteiger partial charge in [-0.2, -0.15) is 4.98 Å². The van der Waals surface area contributed by atoms with Crippen LogP contribution in [0, 0.1) is 0 Å². The standard InChI is InChI=1S/C10H9ClN2O2/c1-14-9-3-2-6(11)4-7(9)8-5-15-10(12)13-8/h2-5H,1H3,(H2,12,13). The first-order valence-electron chi connectivity index (χ1n) is 4.25. The molecule has 15 heavy (non-hydrogen) atoms. The predicted octanol–water partition coefficient (Wildman–Crippen LogP) is 2.59. The molecule has 0 bridgehead atoms. The number of methoxy groups -OCH3 is 1. The van der Waals surface area contributed by atoms with Crippen molar-refractivity contribution < 1.29 is 9.15 Å². The Morgan fingerprint density at radius 3 is 2.87 bits per heavy atom. The average molecular weight is 225 g/mol. The van der Waals surface area contributed by atoms with Crippen LogP contribution in [-0.2, 0) is 0 Å². The van der Waals surface area contributed by atoms with E-state index in [9.17, 15) is 0 Å². The summed E-state index contributed by atoms with van der Waals surface area (Å²) in [4.78, 5) is 4.00. The molecule has 0 atom stereocenters. The van der Waals surface area contributed by atoms with E-state index in [0.717, 1.165) is 5.56 Å². The zero-order valence-electron chi connectivity index (χ0n) is 8.03. The predicted molar refractivity (Wildman–Crippen MR) is 57.9 cm³/mol. The molecule has 5 heteroatoms. The van der Waals surface area contributed by atoms with Crippen LogP contribution in [0.15, 0.2) is 28.9 Å². The Hall–Kier alpha value is -1.68. The van der Waals surface area contributed by atoms with Gasteiger partial charge in [0.25, 0.3) is 6.01 Å². The highest BCUT2D eigenvalue weighted by molar-refractivity contribution is 6.30. The van der Waals surface area contributed by atoms with Gasteiger partial charge in [0.05, 0.1) is 7.11 Å². The Labute approximate surface area is 91.6 Å². The number of rotatable bonds is 2. The van der Waals surface area contributed by atoms with Crippen LogP contribution in [0.4, 0.5) is 6.01 Å². The number of aromatic nitrogens is 1. The molecule has 1 aromatic heterocycles. The molecule has 1 heterocycles. The summed E-state index contributed by atoms with van der Waals surface area (Å²) in [5, 5.41) is 0.604. The zero-order valence-corrected chi connectivity index (χ0v) is 8.78. The Morgan fingerprint density at radius 2 is 2.27 bits per heavy atom. The fourth-order valence-corrected chi connectivity index (χ4v) is 1.46. The highest BCUT2D eigenvalue weighted by Crippen LogP contribution is 2.32. The molecule has 0 unspecified atom stereocenters. The number of oxazole rings is 1. The zero-order chi connectivity index (χ0) is 10.8. The van der Waals surface area contributed by atoms with Crippen LogP contribution in [0.25, 0.3) is 11.3 Å². The molecule has 0 fully saturated rings. The van der Waals surface area contributed by atoms with Gasteiger partial charge in [0.2, 0.25) is 0 Å². The summed E-state index contributed by atoms with van der Waals surface area (Å²) in [6.45, 7) is 0. The lowest BCUT2D eigenvalue weighted by molar-refractivity contribution is 0.416. The summed E-state index contributed by atoms with van der Waals surface area (Å²) in [6, 6.07) is 5.38. The van der Waals surface area contributed by atoms with E-state index in [4.69, 9.17) is 26.5 Å². The number of hydrogen-bond acceptors (Lipinski definition) is 4. The molecule has 1 aromatic carbocycles. The van der Waals surface area contributed by atoms with Gasteiger partial charge in [-0.25, -0.2) is 0 Å². The van der Waals surface area contributed by atoms with Gasteiger partial charge in [-0.3, -0.25) is 0 Å².